The lowest BCUT2D eigenvalue weighted by atomic mass is 9.71. The smallest absolute Gasteiger partial charge is 0.304 e. The van der Waals surface area contributed by atoms with Gasteiger partial charge in [0, 0.05) is 13.1 Å². The molecule has 2 rings (SSSR count). The molecule has 0 aromatic rings. The zero-order chi connectivity index (χ0) is 22.2. The molecule has 2 aliphatic heterocycles. The number of carboxylic acid groups (broad SMARTS) is 1. The SMILES string of the molecule is C#CCOCCOCCOCCOCCN1CCC2(CC1)CCN(CCC(=O)O)CC2. The number of aliphatic carboxylic acids is 1. The van der Waals surface area contributed by atoms with E-state index >= 15 is 0 Å². The first kappa shape index (κ1) is 26.0. The van der Waals surface area contributed by atoms with Gasteiger partial charge in [0.15, 0.2) is 0 Å². The van der Waals surface area contributed by atoms with Crippen LogP contribution in [-0.4, -0.2) is 113 Å². The lowest BCUT2D eigenvalue weighted by Gasteiger charge is -2.47. The second kappa shape index (κ2) is 15.6. The van der Waals surface area contributed by atoms with Crippen LogP contribution in [0.15, 0.2) is 0 Å². The Bertz CT molecular complexity index is 521. The van der Waals surface area contributed by atoms with Crippen LogP contribution in [0, 0.1) is 17.8 Å². The second-order valence-electron chi connectivity index (χ2n) is 8.42. The quantitative estimate of drug-likeness (QED) is 0.285. The van der Waals surface area contributed by atoms with Gasteiger partial charge in [-0.15, -0.1) is 6.42 Å². The fraction of sp³-hybridized carbons (Fsp3) is 0.870. The molecule has 0 aliphatic carbocycles. The van der Waals surface area contributed by atoms with Gasteiger partial charge in [0.25, 0.3) is 0 Å². The summed E-state index contributed by atoms with van der Waals surface area (Å²) in [5.41, 5.74) is 0.473. The summed E-state index contributed by atoms with van der Waals surface area (Å²) in [6, 6.07) is 0. The zero-order valence-corrected chi connectivity index (χ0v) is 18.9. The minimum atomic E-state index is -0.699. The van der Waals surface area contributed by atoms with E-state index in [-0.39, 0.29) is 6.42 Å². The Morgan fingerprint density at radius 3 is 1.71 bits per heavy atom. The van der Waals surface area contributed by atoms with Gasteiger partial charge in [-0.1, -0.05) is 5.92 Å². The van der Waals surface area contributed by atoms with Gasteiger partial charge in [0.1, 0.15) is 6.61 Å². The fourth-order valence-electron chi connectivity index (χ4n) is 4.24. The van der Waals surface area contributed by atoms with Crippen molar-refractivity contribution in [2.24, 2.45) is 5.41 Å². The summed E-state index contributed by atoms with van der Waals surface area (Å²) in [6.45, 7) is 10.4. The molecule has 0 atom stereocenters. The summed E-state index contributed by atoms with van der Waals surface area (Å²) in [7, 11) is 0. The molecule has 0 aromatic carbocycles. The van der Waals surface area contributed by atoms with E-state index in [1.165, 1.54) is 25.7 Å². The maximum atomic E-state index is 10.7. The molecule has 2 aliphatic rings. The van der Waals surface area contributed by atoms with Crippen LogP contribution in [0.4, 0.5) is 0 Å². The Balaban J connectivity index is 1.39. The van der Waals surface area contributed by atoms with Crippen LogP contribution < -0.4 is 0 Å². The summed E-state index contributed by atoms with van der Waals surface area (Å²) < 4.78 is 21.7. The van der Waals surface area contributed by atoms with Gasteiger partial charge < -0.3 is 33.9 Å². The second-order valence-corrected chi connectivity index (χ2v) is 8.42. The van der Waals surface area contributed by atoms with Crippen LogP contribution in [-0.2, 0) is 23.7 Å². The van der Waals surface area contributed by atoms with E-state index in [2.05, 4.69) is 15.7 Å². The van der Waals surface area contributed by atoms with Gasteiger partial charge in [-0.25, -0.2) is 0 Å². The Kier molecular flexibility index (Phi) is 13.1. The third kappa shape index (κ3) is 11.3. The molecule has 0 unspecified atom stereocenters. The molecule has 0 radical (unpaired) electrons. The van der Waals surface area contributed by atoms with Crippen molar-refractivity contribution >= 4 is 5.97 Å². The average Bonchev–Trinajstić information content (AvgIpc) is 2.78. The Morgan fingerprint density at radius 1 is 0.774 bits per heavy atom. The predicted octanol–water partition coefficient (Wildman–Crippen LogP) is 1.34. The molecule has 8 heteroatoms. The Labute approximate surface area is 187 Å². The highest BCUT2D eigenvalue weighted by Gasteiger charge is 2.37. The summed E-state index contributed by atoms with van der Waals surface area (Å²) in [4.78, 5) is 15.6. The number of piperidine rings is 2. The van der Waals surface area contributed by atoms with E-state index in [0.717, 1.165) is 39.3 Å². The van der Waals surface area contributed by atoms with E-state index in [4.69, 9.17) is 30.5 Å². The number of carbonyl (C=O) groups is 1. The first-order chi connectivity index (χ1) is 15.1. The Hall–Kier alpha value is -1.21. The molecule has 31 heavy (non-hydrogen) atoms. The molecule has 0 amide bonds. The molecule has 0 bridgehead atoms. The van der Waals surface area contributed by atoms with Gasteiger partial charge >= 0.3 is 5.97 Å². The molecule has 1 N–H and O–H groups in total. The molecule has 2 fully saturated rings. The predicted molar refractivity (Wildman–Crippen MR) is 118 cm³/mol. The number of hydrogen-bond acceptors (Lipinski definition) is 7. The monoisotopic (exact) mass is 440 g/mol. The first-order valence-corrected chi connectivity index (χ1v) is 11.5. The zero-order valence-electron chi connectivity index (χ0n) is 18.9. The van der Waals surface area contributed by atoms with Gasteiger partial charge in [0.2, 0.25) is 0 Å². The van der Waals surface area contributed by atoms with Crippen molar-refractivity contribution in [1.29, 1.82) is 0 Å². The highest BCUT2D eigenvalue weighted by Crippen LogP contribution is 2.41. The number of terminal acetylenes is 1. The maximum absolute atomic E-state index is 10.7. The molecule has 0 saturated carbocycles. The maximum Gasteiger partial charge on any atom is 0.304 e. The van der Waals surface area contributed by atoms with Gasteiger partial charge in [-0.2, -0.15) is 0 Å². The van der Waals surface area contributed by atoms with Crippen molar-refractivity contribution in [3.63, 3.8) is 0 Å². The third-order valence-electron chi connectivity index (χ3n) is 6.33. The standard InChI is InChI=1S/C23H40N2O6/c1-2-14-28-16-18-30-20-21-31-19-17-29-15-13-25-11-6-23(7-12-25)4-9-24(10-5-23)8-3-22(26)27/h1H,3-21H2,(H,26,27). The van der Waals surface area contributed by atoms with Crippen molar-refractivity contribution in [3.8, 4) is 12.3 Å². The molecule has 0 aromatic heterocycles. The van der Waals surface area contributed by atoms with Crippen LogP contribution in [0.25, 0.3) is 0 Å². The Morgan fingerprint density at radius 2 is 1.23 bits per heavy atom. The number of rotatable bonds is 16. The van der Waals surface area contributed by atoms with Crippen molar-refractivity contribution in [3.05, 3.63) is 0 Å². The number of nitrogens with zero attached hydrogens (tertiary/aromatic N) is 2. The highest BCUT2D eigenvalue weighted by atomic mass is 16.6. The number of hydrogen-bond donors (Lipinski definition) is 1. The van der Waals surface area contributed by atoms with Gasteiger partial charge in [-0.3, -0.25) is 4.79 Å². The van der Waals surface area contributed by atoms with E-state index in [1.54, 1.807) is 0 Å². The summed E-state index contributed by atoms with van der Waals surface area (Å²) in [5, 5.41) is 8.85. The minimum Gasteiger partial charge on any atom is -0.481 e. The lowest BCUT2D eigenvalue weighted by molar-refractivity contribution is -0.137. The molecule has 2 saturated heterocycles. The van der Waals surface area contributed by atoms with Crippen LogP contribution in [0.1, 0.15) is 32.1 Å². The van der Waals surface area contributed by atoms with E-state index in [0.29, 0.717) is 58.2 Å². The molecular weight excluding hydrogens is 400 g/mol. The van der Waals surface area contributed by atoms with Crippen molar-refractivity contribution in [2.75, 3.05) is 92.1 Å². The van der Waals surface area contributed by atoms with Gasteiger partial charge in [0.05, 0.1) is 52.7 Å². The van der Waals surface area contributed by atoms with Crippen molar-refractivity contribution in [2.45, 2.75) is 32.1 Å². The third-order valence-corrected chi connectivity index (χ3v) is 6.33. The summed E-state index contributed by atoms with van der Waals surface area (Å²) in [5.74, 6) is 1.71. The first-order valence-electron chi connectivity index (χ1n) is 11.5. The topological polar surface area (TPSA) is 80.7 Å². The van der Waals surface area contributed by atoms with Crippen LogP contribution >= 0.6 is 0 Å². The van der Waals surface area contributed by atoms with Crippen molar-refractivity contribution < 1.29 is 28.8 Å². The van der Waals surface area contributed by atoms with Gasteiger partial charge in [-0.05, 0) is 57.3 Å². The molecule has 178 valence electrons. The van der Waals surface area contributed by atoms with Crippen LogP contribution in [0.5, 0.6) is 0 Å². The largest absolute Gasteiger partial charge is 0.481 e. The highest BCUT2D eigenvalue weighted by molar-refractivity contribution is 5.66. The van der Waals surface area contributed by atoms with Crippen LogP contribution in [0.2, 0.25) is 0 Å². The number of carboxylic acids is 1. The molecule has 1 spiro atoms. The normalized spacial score (nSPS) is 19.5. The number of ether oxygens (including phenoxy) is 4. The average molecular weight is 441 g/mol. The van der Waals surface area contributed by atoms with E-state index in [1.807, 2.05) is 0 Å². The fourth-order valence-corrected chi connectivity index (χ4v) is 4.24. The molecular formula is C23H40N2O6. The van der Waals surface area contributed by atoms with Crippen molar-refractivity contribution in [1.82, 2.24) is 9.80 Å². The molecule has 8 nitrogen and oxygen atoms in total. The van der Waals surface area contributed by atoms with Crippen LogP contribution in [0.3, 0.4) is 0 Å². The molecule has 2 heterocycles. The summed E-state index contributed by atoms with van der Waals surface area (Å²) in [6.07, 6.45) is 10.2. The van der Waals surface area contributed by atoms with E-state index < -0.39 is 5.97 Å². The lowest BCUT2D eigenvalue weighted by Crippen LogP contribution is -2.47. The number of likely N-dealkylation sites (tertiary alicyclic amines) is 2. The summed E-state index contributed by atoms with van der Waals surface area (Å²) >= 11 is 0. The minimum absolute atomic E-state index is 0.253. The van der Waals surface area contributed by atoms with E-state index in [9.17, 15) is 4.79 Å².